The van der Waals surface area contributed by atoms with Gasteiger partial charge < -0.3 is 9.80 Å². The third-order valence-electron chi connectivity index (χ3n) is 7.96. The molecule has 1 atom stereocenters. The highest BCUT2D eigenvalue weighted by Crippen LogP contribution is 2.49. The molecule has 4 aliphatic rings. The van der Waals surface area contributed by atoms with E-state index in [1.54, 1.807) is 0 Å². The van der Waals surface area contributed by atoms with E-state index in [0.717, 1.165) is 13.1 Å². The molecule has 2 aromatic rings. The molecule has 0 amide bonds. The van der Waals surface area contributed by atoms with E-state index in [1.807, 2.05) is 47.0 Å². The van der Waals surface area contributed by atoms with Gasteiger partial charge >= 0.3 is 0 Å². The summed E-state index contributed by atoms with van der Waals surface area (Å²) >= 11 is 7.47. The average molecular weight is 589 g/mol. The maximum atomic E-state index is 2.50. The van der Waals surface area contributed by atoms with Gasteiger partial charge in [-0.25, -0.2) is 0 Å². The predicted octanol–water partition coefficient (Wildman–Crippen LogP) is 10.4. The summed E-state index contributed by atoms with van der Waals surface area (Å²) in [6.45, 7) is 6.49. The number of anilines is 2. The maximum absolute atomic E-state index is 2.50. The van der Waals surface area contributed by atoms with Crippen LogP contribution < -0.4 is 9.80 Å². The van der Waals surface area contributed by atoms with Crippen LogP contribution >= 0.6 is 47.0 Å². The highest BCUT2D eigenvalue weighted by atomic mass is 32.2. The fourth-order valence-corrected chi connectivity index (χ4v) is 8.97. The van der Waals surface area contributed by atoms with Crippen LogP contribution in [-0.2, 0) is 0 Å². The van der Waals surface area contributed by atoms with Gasteiger partial charge in [0.2, 0.25) is 0 Å². The van der Waals surface area contributed by atoms with Gasteiger partial charge in [-0.1, -0.05) is 35.7 Å². The molecule has 202 valence electrons. The number of benzene rings is 2. The molecule has 6 heteroatoms. The van der Waals surface area contributed by atoms with Crippen LogP contribution in [0.25, 0.3) is 0 Å². The van der Waals surface area contributed by atoms with E-state index in [2.05, 4.69) is 103 Å². The van der Waals surface area contributed by atoms with Crippen LogP contribution in [0.4, 0.5) is 11.4 Å². The standard InChI is InChI=1S/C33H36N2S4/c1-5-34-21-28(38-31-13-11-26(36-3)19-29(31)34)17-22-7-9-24-10-8-23(16-25(24)15-22)18-33-35(6-2)30-20-27(37-4)12-14-32(30)39-33/h11-21,24H,5-10H2,1-4H3/b22-17+,33-18-. The van der Waals surface area contributed by atoms with E-state index < -0.39 is 0 Å². The quantitative estimate of drug-likeness (QED) is 0.308. The van der Waals surface area contributed by atoms with Crippen LogP contribution in [0.3, 0.4) is 0 Å². The van der Waals surface area contributed by atoms with Gasteiger partial charge in [-0.3, -0.25) is 0 Å². The van der Waals surface area contributed by atoms with Crippen molar-refractivity contribution in [3.63, 3.8) is 0 Å². The molecule has 0 spiro atoms. The van der Waals surface area contributed by atoms with E-state index in [0.29, 0.717) is 5.92 Å². The molecule has 0 saturated heterocycles. The lowest BCUT2D eigenvalue weighted by atomic mass is 9.77. The molecule has 0 bridgehead atoms. The second-order valence-corrected chi connectivity index (χ2v) is 14.2. The summed E-state index contributed by atoms with van der Waals surface area (Å²) in [6, 6.07) is 13.8. The Kier molecular flexibility index (Phi) is 8.36. The van der Waals surface area contributed by atoms with Crippen LogP contribution in [0.1, 0.15) is 39.5 Å². The average Bonchev–Trinajstić information content (AvgIpc) is 3.32. The van der Waals surface area contributed by atoms with Crippen LogP contribution in [-0.4, -0.2) is 25.6 Å². The first-order chi connectivity index (χ1) is 19.1. The summed E-state index contributed by atoms with van der Waals surface area (Å²) in [6.07, 6.45) is 21.4. The summed E-state index contributed by atoms with van der Waals surface area (Å²) < 4.78 is 0. The van der Waals surface area contributed by atoms with Crippen molar-refractivity contribution in [3.8, 4) is 0 Å². The Hall–Kier alpha value is -1.86. The van der Waals surface area contributed by atoms with Crippen molar-refractivity contribution in [2.75, 3.05) is 35.4 Å². The fraction of sp³-hybridized carbons (Fsp3) is 0.333. The zero-order valence-corrected chi connectivity index (χ0v) is 26.5. The minimum atomic E-state index is 0.704. The molecular formula is C33H36N2S4. The number of hydrogen-bond donors (Lipinski definition) is 0. The largest absolute Gasteiger partial charge is 0.346 e. The molecule has 2 aliphatic heterocycles. The monoisotopic (exact) mass is 588 g/mol. The third-order valence-corrected chi connectivity index (χ3v) is 11.5. The molecule has 39 heavy (non-hydrogen) atoms. The number of nitrogens with zero attached hydrogens (tertiary/aromatic N) is 2. The minimum absolute atomic E-state index is 0.704. The van der Waals surface area contributed by atoms with Gasteiger partial charge in [0.15, 0.2) is 0 Å². The van der Waals surface area contributed by atoms with Gasteiger partial charge in [-0.15, -0.1) is 23.5 Å². The smallest absolute Gasteiger partial charge is 0.0804 e. The lowest BCUT2D eigenvalue weighted by molar-refractivity contribution is 0.502. The molecule has 0 saturated carbocycles. The van der Waals surface area contributed by atoms with E-state index in [9.17, 15) is 0 Å². The van der Waals surface area contributed by atoms with Gasteiger partial charge in [0.05, 0.1) is 16.4 Å². The topological polar surface area (TPSA) is 6.48 Å². The van der Waals surface area contributed by atoms with E-state index >= 15 is 0 Å². The summed E-state index contributed by atoms with van der Waals surface area (Å²) in [5, 5.41) is 1.37. The van der Waals surface area contributed by atoms with Crippen molar-refractivity contribution in [1.29, 1.82) is 0 Å². The Labute approximate surface area is 251 Å². The Morgan fingerprint density at radius 3 is 2.28 bits per heavy atom. The van der Waals surface area contributed by atoms with Gasteiger partial charge in [0.25, 0.3) is 0 Å². The zero-order valence-electron chi connectivity index (χ0n) is 23.2. The molecule has 0 aromatic heterocycles. The molecule has 6 rings (SSSR count). The highest BCUT2D eigenvalue weighted by Gasteiger charge is 2.27. The van der Waals surface area contributed by atoms with Crippen molar-refractivity contribution < 1.29 is 0 Å². The van der Waals surface area contributed by atoms with Crippen molar-refractivity contribution in [3.05, 3.63) is 93.6 Å². The van der Waals surface area contributed by atoms with Gasteiger partial charge in [0, 0.05) is 43.8 Å². The number of rotatable bonds is 6. The minimum Gasteiger partial charge on any atom is -0.346 e. The SMILES string of the molecule is CCN1C=C(/C=C2/C=C3C=C(/C=C4\Sc5ccc(SC)cc5N4CC)CCC3CC2)Sc2ccc(SC)cc21. The Balaban J connectivity index is 1.25. The zero-order chi connectivity index (χ0) is 26.9. The Bertz CT molecular complexity index is 1430. The van der Waals surface area contributed by atoms with Crippen LogP contribution in [0.2, 0.25) is 0 Å². The molecule has 0 N–H and O–H groups in total. The van der Waals surface area contributed by atoms with Crippen molar-refractivity contribution >= 4 is 58.4 Å². The van der Waals surface area contributed by atoms with Crippen LogP contribution in [0.15, 0.2) is 113 Å². The second-order valence-electron chi connectivity index (χ2n) is 10.3. The normalized spacial score (nSPS) is 22.4. The van der Waals surface area contributed by atoms with Gasteiger partial charge in [0.1, 0.15) is 0 Å². The van der Waals surface area contributed by atoms with Crippen LogP contribution in [0, 0.1) is 5.92 Å². The summed E-state index contributed by atoms with van der Waals surface area (Å²) in [7, 11) is 0. The molecular weight excluding hydrogens is 553 g/mol. The van der Waals surface area contributed by atoms with Crippen molar-refractivity contribution in [2.45, 2.75) is 59.1 Å². The first-order valence-electron chi connectivity index (χ1n) is 13.9. The number of allylic oxidation sites excluding steroid dienone is 7. The predicted molar refractivity (Wildman–Crippen MR) is 177 cm³/mol. The summed E-state index contributed by atoms with van der Waals surface area (Å²) in [4.78, 5) is 11.6. The van der Waals surface area contributed by atoms with Crippen LogP contribution in [0.5, 0.6) is 0 Å². The van der Waals surface area contributed by atoms with Gasteiger partial charge in [-0.2, -0.15) is 0 Å². The molecule has 0 radical (unpaired) electrons. The molecule has 2 aliphatic carbocycles. The van der Waals surface area contributed by atoms with Crippen molar-refractivity contribution in [2.24, 2.45) is 5.92 Å². The fourth-order valence-electron chi connectivity index (χ4n) is 5.86. The van der Waals surface area contributed by atoms with E-state index in [4.69, 9.17) is 0 Å². The molecule has 2 aromatic carbocycles. The Morgan fingerprint density at radius 2 is 1.56 bits per heavy atom. The maximum Gasteiger partial charge on any atom is 0.0804 e. The lowest BCUT2D eigenvalue weighted by Gasteiger charge is -2.30. The molecule has 2 heterocycles. The first kappa shape index (κ1) is 27.3. The number of thioether (sulfide) groups is 4. The summed E-state index contributed by atoms with van der Waals surface area (Å²) in [5.74, 6) is 0.704. The van der Waals surface area contributed by atoms with Gasteiger partial charge in [-0.05, 0) is 123 Å². The highest BCUT2D eigenvalue weighted by molar-refractivity contribution is 8.04. The number of fused-ring (bicyclic) bond motifs is 3. The number of hydrogen-bond acceptors (Lipinski definition) is 6. The Morgan fingerprint density at radius 1 is 0.846 bits per heavy atom. The molecule has 0 fully saturated rings. The van der Waals surface area contributed by atoms with E-state index in [-0.39, 0.29) is 0 Å². The molecule has 1 unspecified atom stereocenters. The first-order valence-corrected chi connectivity index (χ1v) is 18.0. The second kappa shape index (κ2) is 11.9. The lowest BCUT2D eigenvalue weighted by Crippen LogP contribution is -2.19. The van der Waals surface area contributed by atoms with E-state index in [1.165, 1.54) is 83.3 Å². The summed E-state index contributed by atoms with van der Waals surface area (Å²) in [5.41, 5.74) is 7.16. The van der Waals surface area contributed by atoms with Crippen molar-refractivity contribution in [1.82, 2.24) is 0 Å². The third kappa shape index (κ3) is 5.68. The molecule has 2 nitrogen and oxygen atoms in total.